The smallest absolute Gasteiger partial charge is 0.250 e. The summed E-state index contributed by atoms with van der Waals surface area (Å²) in [4.78, 5) is 0. The van der Waals surface area contributed by atoms with Gasteiger partial charge in [0.05, 0.1) is 10.4 Å². The average molecular weight is 390 g/mol. The van der Waals surface area contributed by atoms with Crippen LogP contribution in [0.5, 0.6) is 5.75 Å². The number of halogens is 1. The maximum atomic E-state index is 12.1. The van der Waals surface area contributed by atoms with Crippen molar-refractivity contribution >= 4 is 37.3 Å². The Hall–Kier alpha value is -0.890. The highest BCUT2D eigenvalue weighted by molar-refractivity contribution is 9.11. The summed E-state index contributed by atoms with van der Waals surface area (Å²) in [5, 5.41) is 0. The number of thiophene rings is 1. The highest BCUT2D eigenvalue weighted by Crippen LogP contribution is 2.30. The molecule has 0 radical (unpaired) electrons. The van der Waals surface area contributed by atoms with Crippen molar-refractivity contribution in [1.82, 2.24) is 4.72 Å². The van der Waals surface area contributed by atoms with E-state index in [4.69, 9.17) is 4.74 Å². The van der Waals surface area contributed by atoms with Crippen LogP contribution < -0.4 is 9.46 Å². The second kappa shape index (κ2) is 7.40. The lowest BCUT2D eigenvalue weighted by atomic mass is 10.3. The lowest BCUT2D eigenvalue weighted by molar-refractivity contribution is 0.311. The van der Waals surface area contributed by atoms with Crippen LogP contribution in [-0.2, 0) is 10.0 Å². The summed E-state index contributed by atoms with van der Waals surface area (Å²) in [7, 11) is -3.42. The number of sulfonamides is 1. The second-order valence-corrected chi connectivity index (χ2v) is 8.80. The normalized spacial score (nSPS) is 11.5. The third-order valence-corrected chi connectivity index (χ3v) is 6.80. The Balaban J connectivity index is 1.77. The minimum absolute atomic E-state index is 0.329. The number of benzene rings is 1. The molecule has 114 valence electrons. The number of aryl methyl sites for hydroxylation is 1. The maximum Gasteiger partial charge on any atom is 0.250 e. The van der Waals surface area contributed by atoms with Crippen molar-refractivity contribution in [2.75, 3.05) is 13.2 Å². The van der Waals surface area contributed by atoms with Gasteiger partial charge in [0.25, 0.3) is 0 Å². The van der Waals surface area contributed by atoms with Crippen molar-refractivity contribution in [2.24, 2.45) is 0 Å². The molecule has 0 aliphatic rings. The van der Waals surface area contributed by atoms with Gasteiger partial charge in [0.15, 0.2) is 0 Å². The fourth-order valence-electron chi connectivity index (χ4n) is 1.62. The van der Waals surface area contributed by atoms with Crippen LogP contribution in [0.4, 0.5) is 0 Å². The topological polar surface area (TPSA) is 55.4 Å². The van der Waals surface area contributed by atoms with Crippen LogP contribution in [0.3, 0.4) is 0 Å². The van der Waals surface area contributed by atoms with Crippen molar-refractivity contribution in [3.05, 3.63) is 45.7 Å². The van der Waals surface area contributed by atoms with Gasteiger partial charge in [-0.25, -0.2) is 13.1 Å². The van der Waals surface area contributed by atoms with Gasteiger partial charge in [-0.3, -0.25) is 0 Å². The summed E-state index contributed by atoms with van der Waals surface area (Å²) < 4.78 is 33.4. The Bertz CT molecular complexity index is 664. The van der Waals surface area contributed by atoms with Gasteiger partial charge in [0.2, 0.25) is 10.0 Å². The summed E-state index contributed by atoms with van der Waals surface area (Å²) in [5.74, 6) is 0.790. The molecule has 0 aliphatic carbocycles. The molecule has 0 saturated heterocycles. The van der Waals surface area contributed by atoms with E-state index in [0.717, 1.165) is 15.1 Å². The summed E-state index contributed by atoms with van der Waals surface area (Å²) in [6.45, 7) is 2.69. The first-order valence-corrected chi connectivity index (χ1v) is 9.52. The molecule has 4 nitrogen and oxygen atoms in total. The number of nitrogens with one attached hydrogen (secondary N) is 1. The lowest BCUT2D eigenvalue weighted by Gasteiger charge is -2.07. The summed E-state index contributed by atoms with van der Waals surface area (Å²) in [6.07, 6.45) is 0.611. The number of hydrogen-bond acceptors (Lipinski definition) is 4. The predicted octanol–water partition coefficient (Wildman–Crippen LogP) is 3.57. The largest absolute Gasteiger partial charge is 0.494 e. The molecular formula is C14H16BrNO3S2. The molecule has 0 amide bonds. The van der Waals surface area contributed by atoms with Gasteiger partial charge in [-0.15, -0.1) is 11.3 Å². The minimum Gasteiger partial charge on any atom is -0.494 e. The third-order valence-electron chi connectivity index (χ3n) is 2.72. The first kappa shape index (κ1) is 16.5. The van der Waals surface area contributed by atoms with Gasteiger partial charge < -0.3 is 4.74 Å². The van der Waals surface area contributed by atoms with Crippen LogP contribution in [0.15, 0.2) is 44.4 Å². The number of para-hydroxylation sites is 1. The molecule has 1 aromatic carbocycles. The van der Waals surface area contributed by atoms with Crippen LogP contribution in [-0.4, -0.2) is 21.6 Å². The van der Waals surface area contributed by atoms with Gasteiger partial charge >= 0.3 is 0 Å². The Kier molecular flexibility index (Phi) is 5.80. The van der Waals surface area contributed by atoms with Crippen molar-refractivity contribution in [1.29, 1.82) is 0 Å². The van der Waals surface area contributed by atoms with Crippen LogP contribution >= 0.6 is 27.3 Å². The number of hydrogen-bond donors (Lipinski definition) is 1. The van der Waals surface area contributed by atoms with Crippen LogP contribution in [0.2, 0.25) is 0 Å². The molecule has 0 spiro atoms. The average Bonchev–Trinajstić information content (AvgIpc) is 2.80. The summed E-state index contributed by atoms with van der Waals surface area (Å²) in [5.41, 5.74) is 0.924. The zero-order chi connectivity index (χ0) is 15.3. The van der Waals surface area contributed by atoms with E-state index in [0.29, 0.717) is 23.8 Å². The van der Waals surface area contributed by atoms with Crippen molar-refractivity contribution < 1.29 is 13.2 Å². The molecule has 1 aromatic heterocycles. The molecule has 2 rings (SSSR count). The van der Waals surface area contributed by atoms with Crippen LogP contribution in [0.25, 0.3) is 0 Å². The van der Waals surface area contributed by atoms with Gasteiger partial charge in [0.1, 0.15) is 9.96 Å². The lowest BCUT2D eigenvalue weighted by Crippen LogP contribution is -2.25. The molecule has 0 aliphatic heterocycles. The summed E-state index contributed by atoms with van der Waals surface area (Å²) >= 11 is 4.55. The van der Waals surface area contributed by atoms with Gasteiger partial charge in [0, 0.05) is 6.54 Å². The molecule has 1 heterocycles. The SMILES string of the molecule is Cc1cc(S(=O)(=O)NCCCOc2ccccc2)sc1Br. The Morgan fingerprint density at radius 1 is 1.29 bits per heavy atom. The number of rotatable bonds is 7. The second-order valence-electron chi connectivity index (χ2n) is 4.43. The fraction of sp³-hybridized carbons (Fsp3) is 0.286. The molecule has 0 unspecified atom stereocenters. The van der Waals surface area contributed by atoms with E-state index in [-0.39, 0.29) is 0 Å². The number of ether oxygens (including phenoxy) is 1. The maximum absolute atomic E-state index is 12.1. The predicted molar refractivity (Wildman–Crippen MR) is 88.5 cm³/mol. The molecule has 0 bridgehead atoms. The zero-order valence-electron chi connectivity index (χ0n) is 11.5. The molecule has 0 fully saturated rings. The molecule has 0 saturated carbocycles. The fourth-order valence-corrected chi connectivity index (χ4v) is 4.96. The first-order valence-electron chi connectivity index (χ1n) is 6.42. The Morgan fingerprint density at radius 2 is 2.00 bits per heavy atom. The molecule has 1 N–H and O–H groups in total. The van der Waals surface area contributed by atoms with Crippen molar-refractivity contribution in [3.63, 3.8) is 0 Å². The van der Waals surface area contributed by atoms with Crippen molar-refractivity contribution in [3.8, 4) is 5.75 Å². The van der Waals surface area contributed by atoms with Gasteiger partial charge in [-0.1, -0.05) is 18.2 Å². The molecule has 2 aromatic rings. The van der Waals surface area contributed by atoms with E-state index in [9.17, 15) is 8.42 Å². The van der Waals surface area contributed by atoms with E-state index in [1.165, 1.54) is 11.3 Å². The van der Waals surface area contributed by atoms with E-state index < -0.39 is 10.0 Å². The highest BCUT2D eigenvalue weighted by atomic mass is 79.9. The monoisotopic (exact) mass is 389 g/mol. The first-order chi connectivity index (χ1) is 9.99. The van der Waals surface area contributed by atoms with Crippen LogP contribution in [0, 0.1) is 6.92 Å². The van der Waals surface area contributed by atoms with Gasteiger partial charge in [-0.2, -0.15) is 0 Å². The molecule has 21 heavy (non-hydrogen) atoms. The Morgan fingerprint density at radius 3 is 2.62 bits per heavy atom. The minimum atomic E-state index is -3.42. The van der Waals surface area contributed by atoms with Crippen molar-refractivity contribution in [2.45, 2.75) is 17.6 Å². The van der Waals surface area contributed by atoms with E-state index in [2.05, 4.69) is 20.7 Å². The quantitative estimate of drug-likeness (QED) is 0.736. The third kappa shape index (κ3) is 4.81. The zero-order valence-corrected chi connectivity index (χ0v) is 14.7. The van der Waals surface area contributed by atoms with Crippen LogP contribution in [0.1, 0.15) is 12.0 Å². The van der Waals surface area contributed by atoms with E-state index >= 15 is 0 Å². The van der Waals surface area contributed by atoms with E-state index in [1.807, 2.05) is 37.3 Å². The summed E-state index contributed by atoms with van der Waals surface area (Å²) in [6, 6.07) is 11.1. The Labute approximate surface area is 137 Å². The molecular weight excluding hydrogens is 374 g/mol. The molecule has 7 heteroatoms. The standard InChI is InChI=1S/C14H16BrNO3S2/c1-11-10-13(20-14(11)15)21(17,18)16-8-5-9-19-12-6-3-2-4-7-12/h2-4,6-7,10,16H,5,8-9H2,1H3. The van der Waals surface area contributed by atoms with Gasteiger partial charge in [-0.05, 0) is 53.0 Å². The highest BCUT2D eigenvalue weighted by Gasteiger charge is 2.17. The molecule has 0 atom stereocenters. The van der Waals surface area contributed by atoms with E-state index in [1.54, 1.807) is 6.07 Å².